The highest BCUT2D eigenvalue weighted by Crippen LogP contribution is 2.34. The summed E-state index contributed by atoms with van der Waals surface area (Å²) in [5, 5.41) is 0. The lowest BCUT2D eigenvalue weighted by molar-refractivity contribution is -0.147. The van der Waals surface area contributed by atoms with Gasteiger partial charge in [0.2, 0.25) is 6.10 Å². The lowest BCUT2D eigenvalue weighted by Gasteiger charge is -2.12. The van der Waals surface area contributed by atoms with Gasteiger partial charge in [0.25, 0.3) is 0 Å². The van der Waals surface area contributed by atoms with E-state index in [1.165, 1.54) is 0 Å². The molecule has 0 aliphatic heterocycles. The van der Waals surface area contributed by atoms with Crippen LogP contribution < -0.4 is 11.5 Å². The van der Waals surface area contributed by atoms with Crippen molar-refractivity contribution in [2.24, 2.45) is 17.4 Å². The first-order chi connectivity index (χ1) is 6.50. The number of primary amides is 2. The molecule has 0 aromatic carbocycles. The van der Waals surface area contributed by atoms with Gasteiger partial charge in [-0.3, -0.25) is 0 Å². The van der Waals surface area contributed by atoms with Gasteiger partial charge in [-0.05, 0) is 12.8 Å². The Hall–Kier alpha value is -1.79. The Labute approximate surface area is 79.3 Å². The van der Waals surface area contributed by atoms with E-state index in [0.717, 1.165) is 12.8 Å². The number of amides is 2. The van der Waals surface area contributed by atoms with Crippen LogP contribution in [0.1, 0.15) is 12.8 Å². The Balaban J connectivity index is 2.52. The average Bonchev–Trinajstić information content (AvgIpc) is 2.80. The van der Waals surface area contributed by atoms with Gasteiger partial charge in [0, 0.05) is 5.92 Å². The van der Waals surface area contributed by atoms with Crippen LogP contribution in [0, 0.1) is 5.92 Å². The molecule has 0 spiro atoms. The van der Waals surface area contributed by atoms with Crippen LogP contribution in [0.5, 0.6) is 0 Å². The van der Waals surface area contributed by atoms with Crippen molar-refractivity contribution < 1.29 is 23.9 Å². The molecule has 0 heterocycles. The fourth-order valence-corrected chi connectivity index (χ4v) is 1.02. The van der Waals surface area contributed by atoms with Crippen LogP contribution in [0.25, 0.3) is 0 Å². The van der Waals surface area contributed by atoms with Gasteiger partial charge in [0.05, 0.1) is 0 Å². The molecular formula is C7H10N2O5. The van der Waals surface area contributed by atoms with Crippen LogP contribution in [-0.4, -0.2) is 24.3 Å². The van der Waals surface area contributed by atoms with E-state index in [1.807, 2.05) is 0 Å². The molecule has 14 heavy (non-hydrogen) atoms. The van der Waals surface area contributed by atoms with Crippen LogP contribution in [0.15, 0.2) is 0 Å². The SMILES string of the molecule is NC(=O)OC(=O)C(OC(N)=O)C1CC1. The molecule has 0 bridgehead atoms. The molecule has 1 saturated carbocycles. The number of nitrogens with two attached hydrogens (primary N) is 2. The fourth-order valence-electron chi connectivity index (χ4n) is 1.02. The van der Waals surface area contributed by atoms with Crippen LogP contribution in [0.3, 0.4) is 0 Å². The van der Waals surface area contributed by atoms with Crippen LogP contribution in [-0.2, 0) is 14.3 Å². The summed E-state index contributed by atoms with van der Waals surface area (Å²) in [4.78, 5) is 31.8. The fraction of sp³-hybridized carbons (Fsp3) is 0.571. The molecule has 1 aliphatic rings. The third-order valence-corrected chi connectivity index (χ3v) is 1.73. The highest BCUT2D eigenvalue weighted by atomic mass is 16.6. The minimum absolute atomic E-state index is 0.116. The van der Waals surface area contributed by atoms with Gasteiger partial charge in [0.1, 0.15) is 0 Å². The topological polar surface area (TPSA) is 122 Å². The number of ether oxygens (including phenoxy) is 2. The van der Waals surface area contributed by atoms with Gasteiger partial charge in [-0.2, -0.15) is 0 Å². The first-order valence-corrected chi connectivity index (χ1v) is 3.98. The number of hydrogen-bond donors (Lipinski definition) is 2. The molecule has 1 atom stereocenters. The van der Waals surface area contributed by atoms with Crippen LogP contribution in [0.2, 0.25) is 0 Å². The van der Waals surface area contributed by atoms with Gasteiger partial charge in [-0.15, -0.1) is 0 Å². The van der Waals surface area contributed by atoms with Crippen LogP contribution in [0.4, 0.5) is 9.59 Å². The Kier molecular flexibility index (Phi) is 2.90. The summed E-state index contributed by atoms with van der Waals surface area (Å²) in [6.07, 6.45) is -1.96. The lowest BCUT2D eigenvalue weighted by Crippen LogP contribution is -2.35. The average molecular weight is 202 g/mol. The van der Waals surface area contributed by atoms with Crippen LogP contribution >= 0.6 is 0 Å². The largest absolute Gasteiger partial charge is 0.434 e. The Morgan fingerprint density at radius 2 is 1.71 bits per heavy atom. The number of carbonyl (C=O) groups excluding carboxylic acids is 3. The third kappa shape index (κ3) is 2.92. The Morgan fingerprint density at radius 3 is 2.07 bits per heavy atom. The van der Waals surface area contributed by atoms with E-state index in [0.29, 0.717) is 0 Å². The van der Waals surface area contributed by atoms with Crippen molar-refractivity contribution >= 4 is 18.2 Å². The summed E-state index contributed by atoms with van der Waals surface area (Å²) >= 11 is 0. The summed E-state index contributed by atoms with van der Waals surface area (Å²) in [6, 6.07) is 0. The van der Waals surface area contributed by atoms with Crippen molar-refractivity contribution in [3.8, 4) is 0 Å². The number of carbonyl (C=O) groups is 3. The number of esters is 1. The van der Waals surface area contributed by atoms with Gasteiger partial charge < -0.3 is 20.9 Å². The quantitative estimate of drug-likeness (QED) is 0.471. The van der Waals surface area contributed by atoms with Crippen molar-refractivity contribution in [2.75, 3.05) is 0 Å². The van der Waals surface area contributed by atoms with Crippen molar-refractivity contribution in [1.29, 1.82) is 0 Å². The second-order valence-corrected chi connectivity index (χ2v) is 2.94. The molecule has 1 aliphatic carbocycles. The summed E-state index contributed by atoms with van der Waals surface area (Å²) in [7, 11) is 0. The first kappa shape index (κ1) is 10.3. The first-order valence-electron chi connectivity index (χ1n) is 3.98. The molecule has 0 aromatic rings. The zero-order valence-corrected chi connectivity index (χ0v) is 7.26. The molecule has 7 nitrogen and oxygen atoms in total. The minimum atomic E-state index is -1.23. The molecule has 78 valence electrons. The third-order valence-electron chi connectivity index (χ3n) is 1.73. The van der Waals surface area contributed by atoms with E-state index in [2.05, 4.69) is 15.2 Å². The van der Waals surface area contributed by atoms with E-state index >= 15 is 0 Å². The van der Waals surface area contributed by atoms with E-state index in [1.54, 1.807) is 0 Å². The molecule has 0 aromatic heterocycles. The zero-order chi connectivity index (χ0) is 10.7. The normalized spacial score (nSPS) is 16.9. The monoisotopic (exact) mass is 202 g/mol. The molecule has 1 fully saturated rings. The molecule has 4 N–H and O–H groups in total. The zero-order valence-electron chi connectivity index (χ0n) is 7.26. The molecule has 2 amide bonds. The Bertz CT molecular complexity index is 273. The van der Waals surface area contributed by atoms with Gasteiger partial charge >= 0.3 is 18.2 Å². The summed E-state index contributed by atoms with van der Waals surface area (Å²) < 4.78 is 8.58. The summed E-state index contributed by atoms with van der Waals surface area (Å²) in [5.74, 6) is -1.09. The highest BCUT2D eigenvalue weighted by Gasteiger charge is 2.40. The van der Waals surface area contributed by atoms with Crippen molar-refractivity contribution in [3.05, 3.63) is 0 Å². The van der Waals surface area contributed by atoms with E-state index < -0.39 is 24.3 Å². The predicted molar refractivity (Wildman–Crippen MR) is 42.9 cm³/mol. The maximum atomic E-state index is 11.1. The van der Waals surface area contributed by atoms with Crippen molar-refractivity contribution in [2.45, 2.75) is 18.9 Å². The second-order valence-electron chi connectivity index (χ2n) is 2.94. The number of rotatable bonds is 3. The Morgan fingerprint density at radius 1 is 1.14 bits per heavy atom. The summed E-state index contributed by atoms with van der Waals surface area (Å²) in [6.45, 7) is 0. The maximum Gasteiger partial charge on any atom is 0.412 e. The van der Waals surface area contributed by atoms with E-state index in [-0.39, 0.29) is 5.92 Å². The van der Waals surface area contributed by atoms with Gasteiger partial charge in [-0.1, -0.05) is 0 Å². The van der Waals surface area contributed by atoms with Gasteiger partial charge in [0.15, 0.2) is 0 Å². The maximum absolute atomic E-state index is 11.1. The predicted octanol–water partition coefficient (Wildman–Crippen LogP) is -0.518. The molecule has 0 saturated heterocycles. The molecule has 1 rings (SSSR count). The minimum Gasteiger partial charge on any atom is -0.434 e. The smallest absolute Gasteiger partial charge is 0.412 e. The molecular weight excluding hydrogens is 192 g/mol. The lowest BCUT2D eigenvalue weighted by atomic mass is 10.2. The molecule has 1 unspecified atom stereocenters. The van der Waals surface area contributed by atoms with E-state index in [9.17, 15) is 14.4 Å². The number of hydrogen-bond acceptors (Lipinski definition) is 5. The molecule has 0 radical (unpaired) electrons. The highest BCUT2D eigenvalue weighted by molar-refractivity contribution is 5.88. The molecule has 7 heteroatoms. The summed E-state index contributed by atoms with van der Waals surface area (Å²) in [5.41, 5.74) is 9.37. The standard InChI is InChI=1S/C7H10N2O5/c8-6(11)13-4(3-1-2-3)5(10)14-7(9)12/h3-4H,1-2H2,(H2,8,11)(H2,9,12). The van der Waals surface area contributed by atoms with Crippen molar-refractivity contribution in [3.63, 3.8) is 0 Å². The van der Waals surface area contributed by atoms with Gasteiger partial charge in [-0.25, -0.2) is 14.4 Å². The van der Waals surface area contributed by atoms with Crippen molar-refractivity contribution in [1.82, 2.24) is 0 Å². The van der Waals surface area contributed by atoms with E-state index in [4.69, 9.17) is 5.73 Å². The second kappa shape index (κ2) is 3.95.